The summed E-state index contributed by atoms with van der Waals surface area (Å²) in [4.78, 5) is 8.49. The van der Waals surface area contributed by atoms with E-state index < -0.39 is 0 Å². The van der Waals surface area contributed by atoms with Crippen LogP contribution in [0.15, 0.2) is 43.0 Å². The molecule has 102 valence electrons. The lowest BCUT2D eigenvalue weighted by Gasteiger charge is -2.18. The van der Waals surface area contributed by atoms with Crippen LogP contribution >= 0.6 is 0 Å². The highest BCUT2D eigenvalue weighted by atomic mass is 15.2. The van der Waals surface area contributed by atoms with E-state index >= 15 is 0 Å². The van der Waals surface area contributed by atoms with Gasteiger partial charge in [0.25, 0.3) is 0 Å². The number of nitrogens with one attached hydrogen (secondary N) is 2. The summed E-state index contributed by atoms with van der Waals surface area (Å²) in [5.41, 5.74) is 1.19. The summed E-state index contributed by atoms with van der Waals surface area (Å²) >= 11 is 0. The molecule has 5 heteroatoms. The Morgan fingerprint density at radius 1 is 1.30 bits per heavy atom. The van der Waals surface area contributed by atoms with E-state index in [-0.39, 0.29) is 6.04 Å². The Morgan fingerprint density at radius 2 is 2.25 bits per heavy atom. The number of benzene rings is 1. The molecule has 20 heavy (non-hydrogen) atoms. The van der Waals surface area contributed by atoms with Crippen LogP contribution < -0.4 is 5.32 Å². The van der Waals surface area contributed by atoms with Gasteiger partial charge in [-0.2, -0.15) is 5.10 Å². The smallest absolute Gasteiger partial charge is 0.145 e. The molecule has 2 heterocycles. The maximum Gasteiger partial charge on any atom is 0.145 e. The van der Waals surface area contributed by atoms with E-state index in [2.05, 4.69) is 50.6 Å². The molecule has 0 bridgehead atoms. The first-order chi connectivity index (χ1) is 9.90. The molecular formula is C15H17N5. The van der Waals surface area contributed by atoms with Crippen molar-refractivity contribution in [3.63, 3.8) is 0 Å². The number of rotatable bonds is 5. The molecule has 1 aromatic carbocycles. The SMILES string of the molecule is CCCNC(c1ncn[nH]1)c1cccc2cnccc12. The van der Waals surface area contributed by atoms with Crippen molar-refractivity contribution in [2.24, 2.45) is 0 Å². The first-order valence-corrected chi connectivity index (χ1v) is 6.81. The lowest BCUT2D eigenvalue weighted by atomic mass is 9.99. The number of aromatic nitrogens is 4. The Kier molecular flexibility index (Phi) is 3.69. The number of pyridine rings is 1. The Balaban J connectivity index is 2.09. The van der Waals surface area contributed by atoms with Gasteiger partial charge in [-0.1, -0.05) is 25.1 Å². The second-order valence-electron chi connectivity index (χ2n) is 4.70. The first kappa shape index (κ1) is 12.7. The van der Waals surface area contributed by atoms with Crippen molar-refractivity contribution in [3.05, 3.63) is 54.4 Å². The number of fused-ring (bicyclic) bond motifs is 1. The summed E-state index contributed by atoms with van der Waals surface area (Å²) < 4.78 is 0. The number of nitrogens with zero attached hydrogens (tertiary/aromatic N) is 3. The van der Waals surface area contributed by atoms with Gasteiger partial charge in [0.2, 0.25) is 0 Å². The van der Waals surface area contributed by atoms with E-state index in [4.69, 9.17) is 0 Å². The zero-order valence-corrected chi connectivity index (χ0v) is 11.4. The van der Waals surface area contributed by atoms with Crippen LogP contribution in [0.2, 0.25) is 0 Å². The Bertz CT molecular complexity index is 672. The molecule has 1 unspecified atom stereocenters. The van der Waals surface area contributed by atoms with Crippen LogP contribution in [0.25, 0.3) is 10.8 Å². The summed E-state index contributed by atoms with van der Waals surface area (Å²) in [6.45, 7) is 3.07. The molecule has 0 spiro atoms. The van der Waals surface area contributed by atoms with Crippen LogP contribution in [0.1, 0.15) is 30.8 Å². The topological polar surface area (TPSA) is 66.5 Å². The summed E-state index contributed by atoms with van der Waals surface area (Å²) in [5, 5.41) is 12.8. The Labute approximate surface area is 117 Å². The van der Waals surface area contributed by atoms with Gasteiger partial charge in [-0.05, 0) is 30.0 Å². The number of H-pyrrole nitrogens is 1. The van der Waals surface area contributed by atoms with Gasteiger partial charge in [0, 0.05) is 17.8 Å². The molecule has 0 saturated carbocycles. The highest BCUT2D eigenvalue weighted by Crippen LogP contribution is 2.26. The fourth-order valence-corrected chi connectivity index (χ4v) is 2.40. The van der Waals surface area contributed by atoms with Gasteiger partial charge in [0.15, 0.2) is 0 Å². The third-order valence-corrected chi connectivity index (χ3v) is 3.33. The lowest BCUT2D eigenvalue weighted by Crippen LogP contribution is -2.24. The number of hydrogen-bond donors (Lipinski definition) is 2. The summed E-state index contributed by atoms with van der Waals surface area (Å²) in [7, 11) is 0. The molecule has 0 amide bonds. The average molecular weight is 267 g/mol. The van der Waals surface area contributed by atoms with Crippen molar-refractivity contribution < 1.29 is 0 Å². The van der Waals surface area contributed by atoms with Crippen LogP contribution in [-0.2, 0) is 0 Å². The summed E-state index contributed by atoms with van der Waals surface area (Å²) in [6, 6.07) is 8.31. The minimum atomic E-state index is 0.0172. The normalized spacial score (nSPS) is 12.7. The third kappa shape index (κ3) is 2.40. The highest BCUT2D eigenvalue weighted by molar-refractivity contribution is 5.85. The molecule has 0 aliphatic carbocycles. The van der Waals surface area contributed by atoms with Crippen molar-refractivity contribution in [1.29, 1.82) is 0 Å². The number of aromatic amines is 1. The Hall–Kier alpha value is -2.27. The summed E-state index contributed by atoms with van der Waals surface area (Å²) in [5.74, 6) is 0.836. The molecule has 0 saturated heterocycles. The highest BCUT2D eigenvalue weighted by Gasteiger charge is 2.18. The van der Waals surface area contributed by atoms with Crippen LogP contribution in [0.3, 0.4) is 0 Å². The lowest BCUT2D eigenvalue weighted by molar-refractivity contribution is 0.577. The molecule has 1 atom stereocenters. The monoisotopic (exact) mass is 267 g/mol. The van der Waals surface area contributed by atoms with E-state index in [1.807, 2.05) is 18.5 Å². The van der Waals surface area contributed by atoms with E-state index in [1.165, 1.54) is 10.9 Å². The van der Waals surface area contributed by atoms with Crippen LogP contribution in [0.4, 0.5) is 0 Å². The zero-order chi connectivity index (χ0) is 13.8. The van der Waals surface area contributed by atoms with E-state index in [1.54, 1.807) is 6.33 Å². The van der Waals surface area contributed by atoms with Gasteiger partial charge >= 0.3 is 0 Å². The van der Waals surface area contributed by atoms with Crippen molar-refractivity contribution >= 4 is 10.8 Å². The van der Waals surface area contributed by atoms with E-state index in [0.29, 0.717) is 0 Å². The molecule has 3 rings (SSSR count). The zero-order valence-electron chi connectivity index (χ0n) is 11.4. The second-order valence-corrected chi connectivity index (χ2v) is 4.70. The van der Waals surface area contributed by atoms with Crippen LogP contribution in [0.5, 0.6) is 0 Å². The van der Waals surface area contributed by atoms with Crippen molar-refractivity contribution in [3.8, 4) is 0 Å². The fraction of sp³-hybridized carbons (Fsp3) is 0.267. The summed E-state index contributed by atoms with van der Waals surface area (Å²) in [6.07, 6.45) is 6.32. The minimum Gasteiger partial charge on any atom is -0.304 e. The molecule has 5 nitrogen and oxygen atoms in total. The molecule has 2 aromatic heterocycles. The molecule has 0 radical (unpaired) electrons. The minimum absolute atomic E-state index is 0.0172. The van der Waals surface area contributed by atoms with Gasteiger partial charge < -0.3 is 5.32 Å². The van der Waals surface area contributed by atoms with Gasteiger partial charge in [-0.25, -0.2) is 4.98 Å². The Morgan fingerprint density at radius 3 is 3.05 bits per heavy atom. The maximum absolute atomic E-state index is 4.31. The van der Waals surface area contributed by atoms with Crippen molar-refractivity contribution in [2.45, 2.75) is 19.4 Å². The third-order valence-electron chi connectivity index (χ3n) is 3.33. The van der Waals surface area contributed by atoms with Gasteiger partial charge in [0.1, 0.15) is 12.2 Å². The van der Waals surface area contributed by atoms with Crippen LogP contribution in [-0.4, -0.2) is 26.7 Å². The van der Waals surface area contributed by atoms with Gasteiger partial charge in [-0.15, -0.1) is 0 Å². The molecule has 0 fully saturated rings. The van der Waals surface area contributed by atoms with E-state index in [0.717, 1.165) is 24.2 Å². The standard InChI is InChI=1S/C15H17N5/c1-2-7-17-14(15-18-10-19-20-15)13-5-3-4-11-9-16-8-6-12(11)13/h3-6,8-10,14,17H,2,7H2,1H3,(H,18,19,20). The van der Waals surface area contributed by atoms with E-state index in [9.17, 15) is 0 Å². The average Bonchev–Trinajstić information content (AvgIpc) is 3.02. The largest absolute Gasteiger partial charge is 0.304 e. The van der Waals surface area contributed by atoms with Crippen LogP contribution in [0, 0.1) is 0 Å². The second kappa shape index (κ2) is 5.79. The quantitative estimate of drug-likeness (QED) is 0.745. The molecule has 0 aliphatic rings. The predicted molar refractivity (Wildman–Crippen MR) is 78.3 cm³/mol. The van der Waals surface area contributed by atoms with Crippen molar-refractivity contribution in [2.75, 3.05) is 6.54 Å². The maximum atomic E-state index is 4.31. The van der Waals surface area contributed by atoms with Crippen molar-refractivity contribution in [1.82, 2.24) is 25.5 Å². The molecular weight excluding hydrogens is 250 g/mol. The number of hydrogen-bond acceptors (Lipinski definition) is 4. The molecule has 2 N–H and O–H groups in total. The van der Waals surface area contributed by atoms with Gasteiger partial charge in [-0.3, -0.25) is 10.1 Å². The van der Waals surface area contributed by atoms with Gasteiger partial charge in [0.05, 0.1) is 6.04 Å². The molecule has 0 aliphatic heterocycles. The molecule has 3 aromatic rings. The fourth-order valence-electron chi connectivity index (χ4n) is 2.40. The first-order valence-electron chi connectivity index (χ1n) is 6.81. The predicted octanol–water partition coefficient (Wildman–Crippen LogP) is 2.44.